The Balaban J connectivity index is 1.98. The molecule has 0 aliphatic carbocycles. The SMILES string of the molecule is NCCSCc1ccc2c(c1)OCO2. The van der Waals surface area contributed by atoms with Gasteiger partial charge in [-0.1, -0.05) is 6.07 Å². The molecule has 0 unspecified atom stereocenters. The van der Waals surface area contributed by atoms with Crippen molar-refractivity contribution in [2.45, 2.75) is 5.75 Å². The van der Waals surface area contributed by atoms with Crippen LogP contribution in [-0.2, 0) is 5.75 Å². The number of ether oxygens (including phenoxy) is 2. The van der Waals surface area contributed by atoms with E-state index in [2.05, 4.69) is 6.07 Å². The van der Waals surface area contributed by atoms with Crippen LogP contribution in [-0.4, -0.2) is 19.1 Å². The highest BCUT2D eigenvalue weighted by Gasteiger charge is 2.12. The first-order valence-corrected chi connectivity index (χ1v) is 5.72. The quantitative estimate of drug-likeness (QED) is 0.768. The molecule has 0 radical (unpaired) electrons. The van der Waals surface area contributed by atoms with Gasteiger partial charge in [-0.3, -0.25) is 0 Å². The normalized spacial score (nSPS) is 13.2. The fourth-order valence-corrected chi connectivity index (χ4v) is 2.03. The second-order valence-corrected chi connectivity index (χ2v) is 4.13. The summed E-state index contributed by atoms with van der Waals surface area (Å²) < 4.78 is 10.5. The molecule has 0 bridgehead atoms. The zero-order valence-corrected chi connectivity index (χ0v) is 8.68. The van der Waals surface area contributed by atoms with Gasteiger partial charge in [-0.25, -0.2) is 0 Å². The van der Waals surface area contributed by atoms with Gasteiger partial charge in [-0.15, -0.1) is 0 Å². The van der Waals surface area contributed by atoms with Crippen molar-refractivity contribution in [2.24, 2.45) is 5.73 Å². The van der Waals surface area contributed by atoms with Crippen LogP contribution in [0.5, 0.6) is 11.5 Å². The third-order valence-corrected chi connectivity index (χ3v) is 3.03. The number of benzene rings is 1. The predicted octanol–water partition coefficient (Wildman–Crippen LogP) is 1.61. The molecule has 0 atom stereocenters. The predicted molar refractivity (Wildman–Crippen MR) is 57.8 cm³/mol. The van der Waals surface area contributed by atoms with Gasteiger partial charge in [0.05, 0.1) is 0 Å². The number of nitrogens with two attached hydrogens (primary N) is 1. The van der Waals surface area contributed by atoms with Gasteiger partial charge in [-0.05, 0) is 17.7 Å². The fraction of sp³-hybridized carbons (Fsp3) is 0.400. The second kappa shape index (κ2) is 4.57. The van der Waals surface area contributed by atoms with Gasteiger partial charge in [0, 0.05) is 18.1 Å². The van der Waals surface area contributed by atoms with Crippen LogP contribution in [0.2, 0.25) is 0 Å². The standard InChI is InChI=1S/C10H13NO2S/c11-3-4-14-6-8-1-2-9-10(5-8)13-7-12-9/h1-2,5H,3-4,6-7,11H2. The average Bonchev–Trinajstić information content (AvgIpc) is 2.65. The molecule has 0 spiro atoms. The van der Waals surface area contributed by atoms with Crippen molar-refractivity contribution in [3.05, 3.63) is 23.8 Å². The van der Waals surface area contributed by atoms with Crippen molar-refractivity contribution in [2.75, 3.05) is 19.1 Å². The summed E-state index contributed by atoms with van der Waals surface area (Å²) in [5, 5.41) is 0. The minimum Gasteiger partial charge on any atom is -0.454 e. The van der Waals surface area contributed by atoms with E-state index in [1.807, 2.05) is 23.9 Å². The van der Waals surface area contributed by atoms with Crippen LogP contribution < -0.4 is 15.2 Å². The second-order valence-electron chi connectivity index (χ2n) is 3.03. The first-order valence-electron chi connectivity index (χ1n) is 4.56. The Bertz CT molecular complexity index is 317. The molecule has 14 heavy (non-hydrogen) atoms. The maximum absolute atomic E-state index is 5.42. The van der Waals surface area contributed by atoms with Crippen molar-refractivity contribution in [3.63, 3.8) is 0 Å². The lowest BCUT2D eigenvalue weighted by Crippen LogP contribution is -2.01. The van der Waals surface area contributed by atoms with Gasteiger partial charge in [0.1, 0.15) is 0 Å². The zero-order valence-electron chi connectivity index (χ0n) is 7.86. The molecule has 1 aliphatic rings. The Morgan fingerprint density at radius 1 is 1.29 bits per heavy atom. The molecule has 76 valence electrons. The molecule has 3 nitrogen and oxygen atoms in total. The van der Waals surface area contributed by atoms with E-state index in [4.69, 9.17) is 15.2 Å². The van der Waals surface area contributed by atoms with E-state index in [0.717, 1.165) is 29.5 Å². The Morgan fingerprint density at radius 2 is 2.14 bits per heavy atom. The van der Waals surface area contributed by atoms with E-state index in [0.29, 0.717) is 6.79 Å². The van der Waals surface area contributed by atoms with Crippen LogP contribution in [0.15, 0.2) is 18.2 Å². The van der Waals surface area contributed by atoms with Gasteiger partial charge in [-0.2, -0.15) is 11.8 Å². The van der Waals surface area contributed by atoms with Crippen molar-refractivity contribution >= 4 is 11.8 Å². The summed E-state index contributed by atoms with van der Waals surface area (Å²) in [7, 11) is 0. The molecule has 2 N–H and O–H groups in total. The molecule has 1 aromatic rings. The first kappa shape index (κ1) is 9.68. The number of thioether (sulfide) groups is 1. The van der Waals surface area contributed by atoms with Gasteiger partial charge in [0.15, 0.2) is 11.5 Å². The van der Waals surface area contributed by atoms with Gasteiger partial charge in [0.25, 0.3) is 0 Å². The third kappa shape index (κ3) is 2.13. The minimum atomic E-state index is 0.342. The summed E-state index contributed by atoms with van der Waals surface area (Å²) in [5.41, 5.74) is 6.67. The molecule has 4 heteroatoms. The van der Waals surface area contributed by atoms with Crippen LogP contribution in [0.3, 0.4) is 0 Å². The molecule has 2 rings (SSSR count). The number of hydrogen-bond donors (Lipinski definition) is 1. The van der Waals surface area contributed by atoms with E-state index in [1.54, 1.807) is 0 Å². The topological polar surface area (TPSA) is 44.5 Å². The Labute approximate surface area is 87.6 Å². The molecule has 0 amide bonds. The van der Waals surface area contributed by atoms with Gasteiger partial charge < -0.3 is 15.2 Å². The Morgan fingerprint density at radius 3 is 3.00 bits per heavy atom. The summed E-state index contributed by atoms with van der Waals surface area (Å²) in [6, 6.07) is 6.06. The summed E-state index contributed by atoms with van der Waals surface area (Å²) in [6.07, 6.45) is 0. The molecule has 0 saturated heterocycles. The number of rotatable bonds is 4. The van der Waals surface area contributed by atoms with E-state index in [-0.39, 0.29) is 0 Å². The van der Waals surface area contributed by atoms with Gasteiger partial charge in [0.2, 0.25) is 6.79 Å². The molecule has 1 aromatic carbocycles. The van der Waals surface area contributed by atoms with Crippen molar-refractivity contribution in [1.82, 2.24) is 0 Å². The molecular weight excluding hydrogens is 198 g/mol. The lowest BCUT2D eigenvalue weighted by molar-refractivity contribution is 0.174. The van der Waals surface area contributed by atoms with Crippen LogP contribution in [0.25, 0.3) is 0 Å². The maximum atomic E-state index is 5.42. The summed E-state index contributed by atoms with van der Waals surface area (Å²) in [6.45, 7) is 1.07. The fourth-order valence-electron chi connectivity index (χ4n) is 1.30. The van der Waals surface area contributed by atoms with Crippen molar-refractivity contribution in [3.8, 4) is 11.5 Å². The number of hydrogen-bond acceptors (Lipinski definition) is 4. The minimum absolute atomic E-state index is 0.342. The largest absolute Gasteiger partial charge is 0.454 e. The third-order valence-electron chi connectivity index (χ3n) is 1.97. The first-order chi connectivity index (χ1) is 6.90. The molecule has 0 aromatic heterocycles. The lowest BCUT2D eigenvalue weighted by Gasteiger charge is -2.02. The van der Waals surface area contributed by atoms with E-state index in [1.165, 1.54) is 5.56 Å². The monoisotopic (exact) mass is 211 g/mol. The summed E-state index contributed by atoms with van der Waals surface area (Å²) in [4.78, 5) is 0. The molecule has 0 saturated carbocycles. The van der Waals surface area contributed by atoms with E-state index >= 15 is 0 Å². The average molecular weight is 211 g/mol. The summed E-state index contributed by atoms with van der Waals surface area (Å²) >= 11 is 1.83. The highest BCUT2D eigenvalue weighted by atomic mass is 32.2. The Hall–Kier alpha value is -0.870. The van der Waals surface area contributed by atoms with Crippen LogP contribution >= 0.6 is 11.8 Å². The van der Waals surface area contributed by atoms with Gasteiger partial charge >= 0.3 is 0 Å². The molecule has 1 aliphatic heterocycles. The van der Waals surface area contributed by atoms with Crippen LogP contribution in [0.1, 0.15) is 5.56 Å². The highest BCUT2D eigenvalue weighted by Crippen LogP contribution is 2.33. The van der Waals surface area contributed by atoms with Crippen molar-refractivity contribution < 1.29 is 9.47 Å². The van der Waals surface area contributed by atoms with E-state index < -0.39 is 0 Å². The zero-order chi connectivity index (χ0) is 9.80. The maximum Gasteiger partial charge on any atom is 0.231 e. The molecule has 0 fully saturated rings. The van der Waals surface area contributed by atoms with Crippen LogP contribution in [0.4, 0.5) is 0 Å². The smallest absolute Gasteiger partial charge is 0.231 e. The lowest BCUT2D eigenvalue weighted by atomic mass is 10.2. The molecule has 1 heterocycles. The number of fused-ring (bicyclic) bond motifs is 1. The van der Waals surface area contributed by atoms with Crippen molar-refractivity contribution in [1.29, 1.82) is 0 Å². The highest BCUT2D eigenvalue weighted by molar-refractivity contribution is 7.98. The Kier molecular flexibility index (Phi) is 3.16. The summed E-state index contributed by atoms with van der Waals surface area (Å²) in [5.74, 6) is 3.68. The van der Waals surface area contributed by atoms with E-state index in [9.17, 15) is 0 Å². The molecular formula is C10H13NO2S. The van der Waals surface area contributed by atoms with Crippen LogP contribution in [0, 0.1) is 0 Å².